The fourth-order valence-corrected chi connectivity index (χ4v) is 3.33. The van der Waals surface area contributed by atoms with Crippen LogP contribution in [0.4, 0.5) is 0 Å². The minimum atomic E-state index is -0.705. The molecule has 1 saturated carbocycles. The van der Waals surface area contributed by atoms with Crippen LogP contribution in [0.25, 0.3) is 0 Å². The molecule has 0 bridgehead atoms. The van der Waals surface area contributed by atoms with Crippen molar-refractivity contribution in [2.75, 3.05) is 6.54 Å². The highest BCUT2D eigenvalue weighted by atomic mass is 16.4. The van der Waals surface area contributed by atoms with E-state index in [1.54, 1.807) is 0 Å². The molecule has 0 aliphatic heterocycles. The molecule has 3 N–H and O–H groups in total. The van der Waals surface area contributed by atoms with E-state index in [-0.39, 0.29) is 11.8 Å². The quantitative estimate of drug-likeness (QED) is 0.694. The third-order valence-electron chi connectivity index (χ3n) is 4.24. The lowest BCUT2D eigenvalue weighted by molar-refractivity contribution is -0.144. The van der Waals surface area contributed by atoms with Crippen LogP contribution in [0.5, 0.6) is 0 Å². The SMILES string of the molecule is CCC1=C[C@@H]2C[C@](CN)(CC(=O)O)[C@@H]2C1. The second-order valence-corrected chi connectivity index (χ2v) is 4.99. The zero-order chi connectivity index (χ0) is 11.1. The molecule has 0 amide bonds. The third kappa shape index (κ3) is 1.59. The number of carboxylic acids is 1. The highest BCUT2D eigenvalue weighted by Gasteiger charge is 2.54. The third-order valence-corrected chi connectivity index (χ3v) is 4.24. The molecular weight excluding hydrogens is 190 g/mol. The van der Waals surface area contributed by atoms with Crippen LogP contribution in [0.2, 0.25) is 0 Å². The number of carboxylic acid groups (broad SMARTS) is 1. The van der Waals surface area contributed by atoms with E-state index in [0.29, 0.717) is 18.4 Å². The number of nitrogens with two attached hydrogens (primary N) is 1. The average Bonchev–Trinajstić information content (AvgIpc) is 2.53. The second-order valence-electron chi connectivity index (χ2n) is 4.99. The fourth-order valence-electron chi connectivity index (χ4n) is 3.33. The lowest BCUT2D eigenvalue weighted by Crippen LogP contribution is -2.51. The van der Waals surface area contributed by atoms with Crippen molar-refractivity contribution in [3.05, 3.63) is 11.6 Å². The first kappa shape index (κ1) is 10.7. The molecule has 0 aromatic heterocycles. The molecule has 3 heteroatoms. The van der Waals surface area contributed by atoms with Gasteiger partial charge in [-0.15, -0.1) is 0 Å². The monoisotopic (exact) mass is 209 g/mol. The van der Waals surface area contributed by atoms with Gasteiger partial charge in [0.2, 0.25) is 0 Å². The fraction of sp³-hybridized carbons (Fsp3) is 0.750. The van der Waals surface area contributed by atoms with Crippen LogP contribution in [-0.2, 0) is 4.79 Å². The molecule has 2 aliphatic rings. The molecule has 0 unspecified atom stereocenters. The summed E-state index contributed by atoms with van der Waals surface area (Å²) >= 11 is 0. The van der Waals surface area contributed by atoms with Crippen LogP contribution in [0.3, 0.4) is 0 Å². The minimum Gasteiger partial charge on any atom is -0.481 e. The first-order chi connectivity index (χ1) is 7.11. The van der Waals surface area contributed by atoms with E-state index in [9.17, 15) is 4.79 Å². The molecule has 3 nitrogen and oxygen atoms in total. The Morgan fingerprint density at radius 3 is 3.00 bits per heavy atom. The van der Waals surface area contributed by atoms with Gasteiger partial charge in [-0.1, -0.05) is 18.6 Å². The Morgan fingerprint density at radius 2 is 2.47 bits per heavy atom. The summed E-state index contributed by atoms with van der Waals surface area (Å²) in [7, 11) is 0. The zero-order valence-corrected chi connectivity index (χ0v) is 9.20. The number of allylic oxidation sites excluding steroid dienone is 2. The molecule has 0 radical (unpaired) electrons. The van der Waals surface area contributed by atoms with E-state index in [0.717, 1.165) is 19.3 Å². The second kappa shape index (κ2) is 3.63. The van der Waals surface area contributed by atoms with Crippen LogP contribution in [0.15, 0.2) is 11.6 Å². The molecule has 0 saturated heterocycles. The lowest BCUT2D eigenvalue weighted by Gasteiger charge is -2.51. The van der Waals surface area contributed by atoms with Gasteiger partial charge in [0.25, 0.3) is 0 Å². The first-order valence-electron chi connectivity index (χ1n) is 5.72. The number of fused-ring (bicyclic) bond motifs is 1. The summed E-state index contributed by atoms with van der Waals surface area (Å²) in [5.41, 5.74) is 7.16. The molecule has 0 aromatic carbocycles. The van der Waals surface area contributed by atoms with Crippen LogP contribution in [0.1, 0.15) is 32.6 Å². The van der Waals surface area contributed by atoms with Gasteiger partial charge < -0.3 is 10.8 Å². The number of hydrogen-bond donors (Lipinski definition) is 2. The Kier molecular flexibility index (Phi) is 2.59. The molecule has 0 spiro atoms. The molecule has 1 fully saturated rings. The minimum absolute atomic E-state index is 0.107. The van der Waals surface area contributed by atoms with E-state index in [2.05, 4.69) is 13.0 Å². The van der Waals surface area contributed by atoms with Crippen molar-refractivity contribution in [1.82, 2.24) is 0 Å². The zero-order valence-electron chi connectivity index (χ0n) is 9.20. The van der Waals surface area contributed by atoms with Gasteiger partial charge in [0.05, 0.1) is 6.42 Å². The Bertz CT molecular complexity index is 311. The predicted molar refractivity (Wildman–Crippen MR) is 58.3 cm³/mol. The van der Waals surface area contributed by atoms with Crippen molar-refractivity contribution in [3.63, 3.8) is 0 Å². The predicted octanol–water partition coefficient (Wildman–Crippen LogP) is 1.78. The first-order valence-corrected chi connectivity index (χ1v) is 5.72. The average molecular weight is 209 g/mol. The van der Waals surface area contributed by atoms with Gasteiger partial charge in [-0.05, 0) is 43.1 Å². The van der Waals surface area contributed by atoms with Gasteiger partial charge in [0.15, 0.2) is 0 Å². The summed E-state index contributed by atoms with van der Waals surface area (Å²) in [4.78, 5) is 10.8. The van der Waals surface area contributed by atoms with Crippen molar-refractivity contribution in [1.29, 1.82) is 0 Å². The molecule has 84 valence electrons. The van der Waals surface area contributed by atoms with Gasteiger partial charge in [0.1, 0.15) is 0 Å². The van der Waals surface area contributed by atoms with E-state index >= 15 is 0 Å². The largest absolute Gasteiger partial charge is 0.481 e. The molecule has 2 rings (SSSR count). The standard InChI is InChI=1S/C12H19NO2/c1-2-8-3-9-5-12(7-13,6-11(14)15)10(9)4-8/h3,9-10H,2,4-7,13H2,1H3,(H,14,15)/t9-,10-,12-/m1/s1. The van der Waals surface area contributed by atoms with E-state index in [4.69, 9.17) is 10.8 Å². The Balaban J connectivity index is 2.06. The normalized spacial score (nSPS) is 38.1. The summed E-state index contributed by atoms with van der Waals surface area (Å²) in [6, 6.07) is 0. The van der Waals surface area contributed by atoms with Gasteiger partial charge >= 0.3 is 5.97 Å². The highest BCUT2D eigenvalue weighted by molar-refractivity contribution is 5.68. The van der Waals surface area contributed by atoms with Crippen LogP contribution in [-0.4, -0.2) is 17.6 Å². The number of carbonyl (C=O) groups is 1. The maximum atomic E-state index is 10.8. The van der Waals surface area contributed by atoms with Crippen molar-refractivity contribution >= 4 is 5.97 Å². The van der Waals surface area contributed by atoms with Crippen molar-refractivity contribution in [2.45, 2.75) is 32.6 Å². The number of rotatable bonds is 4. The maximum Gasteiger partial charge on any atom is 0.303 e. The molecular formula is C12H19NO2. The van der Waals surface area contributed by atoms with Crippen molar-refractivity contribution in [3.8, 4) is 0 Å². The van der Waals surface area contributed by atoms with E-state index < -0.39 is 5.97 Å². The van der Waals surface area contributed by atoms with E-state index in [1.807, 2.05) is 0 Å². The van der Waals surface area contributed by atoms with E-state index in [1.165, 1.54) is 5.57 Å². The van der Waals surface area contributed by atoms with Crippen LogP contribution < -0.4 is 5.73 Å². The summed E-state index contributed by atoms with van der Waals surface area (Å²) < 4.78 is 0. The lowest BCUT2D eigenvalue weighted by atomic mass is 9.53. The summed E-state index contributed by atoms with van der Waals surface area (Å²) in [5.74, 6) is 0.417. The summed E-state index contributed by atoms with van der Waals surface area (Å²) in [6.45, 7) is 2.68. The number of hydrogen-bond acceptors (Lipinski definition) is 2. The maximum absolute atomic E-state index is 10.8. The van der Waals surface area contributed by atoms with Crippen LogP contribution in [0, 0.1) is 17.3 Å². The highest BCUT2D eigenvalue weighted by Crippen LogP contribution is 2.59. The topological polar surface area (TPSA) is 63.3 Å². The number of aliphatic carboxylic acids is 1. The summed E-state index contributed by atoms with van der Waals surface area (Å²) in [5, 5.41) is 8.92. The molecule has 0 aromatic rings. The smallest absolute Gasteiger partial charge is 0.303 e. The Hall–Kier alpha value is -0.830. The van der Waals surface area contributed by atoms with Crippen molar-refractivity contribution in [2.24, 2.45) is 23.0 Å². The Morgan fingerprint density at radius 1 is 1.73 bits per heavy atom. The van der Waals surface area contributed by atoms with Crippen molar-refractivity contribution < 1.29 is 9.90 Å². The van der Waals surface area contributed by atoms with Gasteiger partial charge in [-0.2, -0.15) is 0 Å². The molecule has 2 aliphatic carbocycles. The molecule has 3 atom stereocenters. The van der Waals surface area contributed by atoms with Gasteiger partial charge in [0, 0.05) is 0 Å². The molecule has 15 heavy (non-hydrogen) atoms. The molecule has 0 heterocycles. The van der Waals surface area contributed by atoms with Gasteiger partial charge in [-0.3, -0.25) is 4.79 Å². The van der Waals surface area contributed by atoms with Crippen LogP contribution >= 0.6 is 0 Å². The summed E-state index contributed by atoms with van der Waals surface area (Å²) in [6.07, 6.45) is 5.74. The van der Waals surface area contributed by atoms with Gasteiger partial charge in [-0.25, -0.2) is 0 Å². The Labute approximate surface area is 90.3 Å².